The van der Waals surface area contributed by atoms with Gasteiger partial charge in [-0.25, -0.2) is 0 Å². The van der Waals surface area contributed by atoms with Gasteiger partial charge in [0.25, 0.3) is 0 Å². The molecule has 0 saturated carbocycles. The molecule has 0 aromatic heterocycles. The third-order valence-electron chi connectivity index (χ3n) is 2.50. The van der Waals surface area contributed by atoms with Crippen molar-refractivity contribution in [2.45, 2.75) is 6.92 Å². The van der Waals surface area contributed by atoms with Crippen LogP contribution >= 0.6 is 11.6 Å². The zero-order valence-electron chi connectivity index (χ0n) is 9.74. The zero-order valence-corrected chi connectivity index (χ0v) is 10.5. The first-order chi connectivity index (χ1) is 8.56. The smallest absolute Gasteiger partial charge is 0.134 e. The van der Waals surface area contributed by atoms with Crippen LogP contribution in [0.2, 0.25) is 5.02 Å². The Morgan fingerprint density at radius 1 is 0.889 bits per heavy atom. The summed E-state index contributed by atoms with van der Waals surface area (Å²) in [4.78, 5) is 0. The minimum absolute atomic E-state index is 0.0442. The molecule has 0 heterocycles. The highest BCUT2D eigenvalue weighted by molar-refractivity contribution is 6.32. The number of hydrogen-bond acceptors (Lipinski definition) is 4. The molecule has 0 spiro atoms. The normalized spacial score (nSPS) is 10.1. The molecule has 0 saturated heterocycles. The number of hydrogen-bond donors (Lipinski definition) is 4. The summed E-state index contributed by atoms with van der Waals surface area (Å²) < 4.78 is 0. The fourth-order valence-electron chi connectivity index (χ4n) is 1.46. The predicted molar refractivity (Wildman–Crippen MR) is 73.2 cm³/mol. The lowest BCUT2D eigenvalue weighted by atomic mass is 10.2. The van der Waals surface area contributed by atoms with Gasteiger partial charge in [0.2, 0.25) is 0 Å². The summed E-state index contributed by atoms with van der Waals surface area (Å²) in [6.07, 6.45) is 0. The van der Waals surface area contributed by atoms with E-state index in [0.717, 1.165) is 16.9 Å². The maximum absolute atomic E-state index is 9.40. The molecule has 0 radical (unpaired) electrons. The first kappa shape index (κ1) is 12.4. The first-order valence-electron chi connectivity index (χ1n) is 5.36. The van der Waals surface area contributed by atoms with Crippen molar-refractivity contribution in [3.63, 3.8) is 0 Å². The van der Waals surface area contributed by atoms with Gasteiger partial charge in [-0.1, -0.05) is 11.6 Å². The van der Waals surface area contributed by atoms with Crippen LogP contribution in [-0.2, 0) is 0 Å². The summed E-state index contributed by atoms with van der Waals surface area (Å²) in [5.41, 5.74) is 8.25. The molecule has 0 aliphatic rings. The number of aryl methyl sites for hydroxylation is 1. The van der Waals surface area contributed by atoms with E-state index in [0.29, 0.717) is 0 Å². The molecule has 0 aliphatic carbocycles. The molecule has 4 N–H and O–H groups in total. The number of anilines is 2. The molecule has 0 unspecified atom stereocenters. The van der Waals surface area contributed by atoms with Crippen molar-refractivity contribution in [2.24, 2.45) is 0 Å². The second kappa shape index (κ2) is 5.06. The molecule has 0 bridgehead atoms. The number of halogens is 1. The van der Waals surface area contributed by atoms with Crippen molar-refractivity contribution in [2.75, 3.05) is 10.9 Å². The van der Waals surface area contributed by atoms with Crippen LogP contribution in [0.5, 0.6) is 11.5 Å². The Hall–Kier alpha value is -2.07. The van der Waals surface area contributed by atoms with E-state index >= 15 is 0 Å². The Morgan fingerprint density at radius 2 is 1.44 bits per heavy atom. The molecule has 5 heteroatoms. The molecular weight excluding hydrogens is 252 g/mol. The minimum Gasteiger partial charge on any atom is -0.508 e. The van der Waals surface area contributed by atoms with Crippen molar-refractivity contribution in [3.8, 4) is 11.5 Å². The van der Waals surface area contributed by atoms with Crippen molar-refractivity contribution >= 4 is 23.0 Å². The number of benzene rings is 2. The SMILES string of the molecule is Cc1cc(NNc2ccc(O)c(Cl)c2)ccc1O. The second-order valence-electron chi connectivity index (χ2n) is 3.92. The van der Waals surface area contributed by atoms with Gasteiger partial charge in [-0.3, -0.25) is 0 Å². The van der Waals surface area contributed by atoms with Gasteiger partial charge >= 0.3 is 0 Å². The van der Waals surface area contributed by atoms with Crippen LogP contribution in [0.1, 0.15) is 5.56 Å². The van der Waals surface area contributed by atoms with Gasteiger partial charge in [-0.2, -0.15) is 0 Å². The summed E-state index contributed by atoms with van der Waals surface area (Å²) in [6.45, 7) is 1.82. The minimum atomic E-state index is 0.0442. The van der Waals surface area contributed by atoms with Crippen LogP contribution in [0.15, 0.2) is 36.4 Å². The molecule has 2 rings (SSSR count). The Balaban J connectivity index is 2.06. The van der Waals surface area contributed by atoms with E-state index in [1.807, 2.05) is 13.0 Å². The van der Waals surface area contributed by atoms with E-state index in [2.05, 4.69) is 10.9 Å². The van der Waals surface area contributed by atoms with Gasteiger partial charge < -0.3 is 21.1 Å². The lowest BCUT2D eigenvalue weighted by Crippen LogP contribution is -2.08. The highest BCUT2D eigenvalue weighted by Crippen LogP contribution is 2.26. The van der Waals surface area contributed by atoms with Gasteiger partial charge in [0.15, 0.2) is 0 Å². The standard InChI is InChI=1S/C13H13ClN2O2/c1-8-6-9(2-4-12(8)17)15-16-10-3-5-13(18)11(14)7-10/h2-7,15-18H,1H3. The van der Waals surface area contributed by atoms with E-state index in [4.69, 9.17) is 11.6 Å². The molecule has 2 aromatic rings. The molecule has 18 heavy (non-hydrogen) atoms. The number of rotatable bonds is 3. The van der Waals surface area contributed by atoms with E-state index in [-0.39, 0.29) is 16.5 Å². The number of nitrogens with one attached hydrogen (secondary N) is 2. The molecule has 0 atom stereocenters. The number of phenolic OH excluding ortho intramolecular Hbond substituents is 2. The topological polar surface area (TPSA) is 64.5 Å². The van der Waals surface area contributed by atoms with Crippen molar-refractivity contribution in [1.82, 2.24) is 0 Å². The Bertz CT molecular complexity index is 521. The summed E-state index contributed by atoms with van der Waals surface area (Å²) >= 11 is 5.79. The Kier molecular flexibility index (Phi) is 3.48. The van der Waals surface area contributed by atoms with Crippen molar-refractivity contribution in [1.29, 1.82) is 0 Å². The fraction of sp³-hybridized carbons (Fsp3) is 0.0769. The number of phenols is 2. The molecular formula is C13H13ClN2O2. The second-order valence-corrected chi connectivity index (χ2v) is 4.32. The van der Waals surface area contributed by atoms with E-state index in [1.165, 1.54) is 6.07 Å². The van der Waals surface area contributed by atoms with Crippen LogP contribution in [0.3, 0.4) is 0 Å². The molecule has 0 aliphatic heterocycles. The predicted octanol–water partition coefficient (Wildman–Crippen LogP) is 3.50. The van der Waals surface area contributed by atoms with Crippen LogP contribution < -0.4 is 10.9 Å². The van der Waals surface area contributed by atoms with Crippen molar-refractivity contribution in [3.05, 3.63) is 47.0 Å². The summed E-state index contributed by atoms with van der Waals surface area (Å²) in [5, 5.41) is 19.0. The first-order valence-corrected chi connectivity index (χ1v) is 5.74. The van der Waals surface area contributed by atoms with E-state index in [9.17, 15) is 10.2 Å². The largest absolute Gasteiger partial charge is 0.508 e. The van der Waals surface area contributed by atoms with Gasteiger partial charge in [0, 0.05) is 0 Å². The monoisotopic (exact) mass is 264 g/mol. The van der Waals surface area contributed by atoms with Crippen LogP contribution in [0.4, 0.5) is 11.4 Å². The van der Waals surface area contributed by atoms with E-state index in [1.54, 1.807) is 24.3 Å². The lowest BCUT2D eigenvalue weighted by molar-refractivity contribution is 0.471. The Labute approximate surface area is 110 Å². The molecule has 2 aromatic carbocycles. The summed E-state index contributed by atoms with van der Waals surface area (Å²) in [5.74, 6) is 0.302. The third-order valence-corrected chi connectivity index (χ3v) is 2.80. The van der Waals surface area contributed by atoms with Crippen LogP contribution in [0, 0.1) is 6.92 Å². The van der Waals surface area contributed by atoms with Gasteiger partial charge in [0.1, 0.15) is 11.5 Å². The highest BCUT2D eigenvalue weighted by atomic mass is 35.5. The number of aromatic hydroxyl groups is 2. The average molecular weight is 265 g/mol. The van der Waals surface area contributed by atoms with Crippen LogP contribution in [-0.4, -0.2) is 10.2 Å². The zero-order chi connectivity index (χ0) is 13.1. The van der Waals surface area contributed by atoms with Gasteiger partial charge in [-0.05, 0) is 48.9 Å². The quantitative estimate of drug-likeness (QED) is 0.506. The fourth-order valence-corrected chi connectivity index (χ4v) is 1.64. The highest BCUT2D eigenvalue weighted by Gasteiger charge is 2.00. The molecule has 94 valence electrons. The maximum Gasteiger partial charge on any atom is 0.134 e. The Morgan fingerprint density at radius 3 is 2.00 bits per heavy atom. The van der Waals surface area contributed by atoms with Crippen molar-refractivity contribution < 1.29 is 10.2 Å². The van der Waals surface area contributed by atoms with Gasteiger partial charge in [-0.15, -0.1) is 0 Å². The van der Waals surface area contributed by atoms with Gasteiger partial charge in [0.05, 0.1) is 16.4 Å². The van der Waals surface area contributed by atoms with E-state index < -0.39 is 0 Å². The molecule has 0 fully saturated rings. The average Bonchev–Trinajstić information content (AvgIpc) is 2.35. The summed E-state index contributed by atoms with van der Waals surface area (Å²) in [7, 11) is 0. The third kappa shape index (κ3) is 2.78. The lowest BCUT2D eigenvalue weighted by Gasteiger charge is -2.11. The maximum atomic E-state index is 9.40. The summed E-state index contributed by atoms with van der Waals surface area (Å²) in [6, 6.07) is 9.98. The molecule has 4 nitrogen and oxygen atoms in total. The molecule has 0 amide bonds. The van der Waals surface area contributed by atoms with Crippen LogP contribution in [0.25, 0.3) is 0 Å². The number of hydrazine groups is 1.